The second kappa shape index (κ2) is 6.75. The van der Waals surface area contributed by atoms with Gasteiger partial charge in [0, 0.05) is 31.4 Å². The molecule has 5 nitrogen and oxygen atoms in total. The van der Waals surface area contributed by atoms with Crippen LogP contribution in [0.5, 0.6) is 0 Å². The zero-order chi connectivity index (χ0) is 15.5. The van der Waals surface area contributed by atoms with Gasteiger partial charge in [0.05, 0.1) is 4.90 Å². The number of hydrogen-bond acceptors (Lipinski definition) is 4. The third-order valence-corrected chi connectivity index (χ3v) is 5.64. The van der Waals surface area contributed by atoms with E-state index in [2.05, 4.69) is 17.2 Å². The molecule has 2 rings (SSSR count). The molecule has 1 aromatic heterocycles. The number of aromatic nitrogens is 1. The maximum Gasteiger partial charge on any atom is 0.243 e. The maximum atomic E-state index is 12.8. The van der Waals surface area contributed by atoms with Crippen LogP contribution in [0.1, 0.15) is 40.0 Å². The maximum absolute atomic E-state index is 12.8. The summed E-state index contributed by atoms with van der Waals surface area (Å²) in [5.74, 6) is 1.15. The first kappa shape index (κ1) is 16.2. The molecule has 21 heavy (non-hydrogen) atoms. The van der Waals surface area contributed by atoms with Crippen LogP contribution in [-0.4, -0.2) is 36.8 Å². The van der Waals surface area contributed by atoms with Crippen molar-refractivity contribution in [3.8, 4) is 0 Å². The Morgan fingerprint density at radius 1 is 1.43 bits per heavy atom. The molecule has 0 radical (unpaired) electrons. The molecular weight excluding hydrogens is 286 g/mol. The number of hydrogen-bond donors (Lipinski definition) is 1. The van der Waals surface area contributed by atoms with Crippen molar-refractivity contribution in [2.75, 3.05) is 18.4 Å². The summed E-state index contributed by atoms with van der Waals surface area (Å²) in [7, 11) is -3.45. The second-order valence-corrected chi connectivity index (χ2v) is 7.81. The van der Waals surface area contributed by atoms with Crippen LogP contribution < -0.4 is 5.32 Å². The third kappa shape index (κ3) is 4.17. The second-order valence-electron chi connectivity index (χ2n) is 5.92. The van der Waals surface area contributed by atoms with Gasteiger partial charge >= 0.3 is 0 Å². The standard InChI is InChI=1S/C15H25N3O2S/c1-4-8-16-15-10-14(7-9-17-15)21(19,20)18(12(2)3)11-13-5-6-13/h7,9-10,12-13H,4-6,8,11H2,1-3H3,(H,16,17). The zero-order valence-corrected chi connectivity index (χ0v) is 13.9. The smallest absolute Gasteiger partial charge is 0.243 e. The highest BCUT2D eigenvalue weighted by molar-refractivity contribution is 7.89. The molecule has 1 N–H and O–H groups in total. The molecule has 0 atom stereocenters. The fourth-order valence-electron chi connectivity index (χ4n) is 2.20. The monoisotopic (exact) mass is 311 g/mol. The van der Waals surface area contributed by atoms with Gasteiger partial charge in [-0.3, -0.25) is 0 Å². The number of nitrogens with zero attached hydrogens (tertiary/aromatic N) is 2. The molecule has 1 heterocycles. The van der Waals surface area contributed by atoms with Gasteiger partial charge in [-0.2, -0.15) is 4.31 Å². The summed E-state index contributed by atoms with van der Waals surface area (Å²) in [6, 6.07) is 3.18. The summed E-state index contributed by atoms with van der Waals surface area (Å²) in [6.07, 6.45) is 4.80. The van der Waals surface area contributed by atoms with Crippen molar-refractivity contribution < 1.29 is 8.42 Å². The molecule has 0 unspecified atom stereocenters. The molecule has 0 spiro atoms. The van der Waals surface area contributed by atoms with E-state index in [-0.39, 0.29) is 6.04 Å². The Labute approximate surface area is 127 Å². The molecule has 0 amide bonds. The molecule has 1 aliphatic rings. The lowest BCUT2D eigenvalue weighted by Crippen LogP contribution is -2.38. The Balaban J connectivity index is 2.23. The van der Waals surface area contributed by atoms with Crippen LogP contribution >= 0.6 is 0 Å². The molecular formula is C15H25N3O2S. The van der Waals surface area contributed by atoms with Crippen LogP contribution in [0.4, 0.5) is 5.82 Å². The zero-order valence-electron chi connectivity index (χ0n) is 13.0. The Morgan fingerprint density at radius 2 is 2.14 bits per heavy atom. The first-order valence-corrected chi connectivity index (χ1v) is 9.11. The highest BCUT2D eigenvalue weighted by Crippen LogP contribution is 2.32. The summed E-state index contributed by atoms with van der Waals surface area (Å²) in [5, 5.41) is 3.13. The third-order valence-electron chi connectivity index (χ3n) is 3.61. The van der Waals surface area contributed by atoms with Gasteiger partial charge in [-0.15, -0.1) is 0 Å². The van der Waals surface area contributed by atoms with Crippen LogP contribution in [-0.2, 0) is 10.0 Å². The Kier molecular flexibility index (Phi) is 5.22. The molecule has 1 aromatic rings. The number of sulfonamides is 1. The minimum atomic E-state index is -3.45. The minimum absolute atomic E-state index is 0.0317. The van der Waals surface area contributed by atoms with Crippen molar-refractivity contribution in [1.29, 1.82) is 0 Å². The van der Waals surface area contributed by atoms with E-state index in [0.717, 1.165) is 25.8 Å². The summed E-state index contributed by atoms with van der Waals surface area (Å²) < 4.78 is 27.3. The van der Waals surface area contributed by atoms with Crippen LogP contribution in [0.3, 0.4) is 0 Å². The molecule has 0 aromatic carbocycles. The van der Waals surface area contributed by atoms with E-state index in [1.807, 2.05) is 13.8 Å². The number of anilines is 1. The predicted molar refractivity (Wildman–Crippen MR) is 84.8 cm³/mol. The summed E-state index contributed by atoms with van der Waals surface area (Å²) in [5.41, 5.74) is 0. The van der Waals surface area contributed by atoms with E-state index in [1.54, 1.807) is 22.6 Å². The molecule has 1 fully saturated rings. The van der Waals surface area contributed by atoms with E-state index in [9.17, 15) is 8.42 Å². The lowest BCUT2D eigenvalue weighted by molar-refractivity contribution is 0.341. The largest absolute Gasteiger partial charge is 0.370 e. The van der Waals surface area contributed by atoms with Crippen LogP contribution in [0.2, 0.25) is 0 Å². The average Bonchev–Trinajstić information content (AvgIpc) is 3.26. The summed E-state index contributed by atoms with van der Waals surface area (Å²) in [6.45, 7) is 7.32. The van der Waals surface area contributed by atoms with Crippen LogP contribution in [0, 0.1) is 5.92 Å². The molecule has 0 bridgehead atoms. The number of nitrogens with one attached hydrogen (secondary N) is 1. The fourth-order valence-corrected chi connectivity index (χ4v) is 3.92. The van der Waals surface area contributed by atoms with Crippen LogP contribution in [0.25, 0.3) is 0 Å². The van der Waals surface area contributed by atoms with Gasteiger partial charge in [-0.25, -0.2) is 13.4 Å². The van der Waals surface area contributed by atoms with Crippen molar-refractivity contribution in [2.24, 2.45) is 5.92 Å². The quantitative estimate of drug-likeness (QED) is 0.802. The highest BCUT2D eigenvalue weighted by Gasteiger charge is 2.33. The van der Waals surface area contributed by atoms with E-state index < -0.39 is 10.0 Å². The van der Waals surface area contributed by atoms with E-state index in [1.165, 1.54) is 0 Å². The van der Waals surface area contributed by atoms with Gasteiger partial charge in [0.25, 0.3) is 0 Å². The normalized spacial score (nSPS) is 15.7. The van der Waals surface area contributed by atoms with Gasteiger partial charge in [-0.1, -0.05) is 6.92 Å². The van der Waals surface area contributed by atoms with Gasteiger partial charge in [0.15, 0.2) is 0 Å². The number of pyridine rings is 1. The Morgan fingerprint density at radius 3 is 2.71 bits per heavy atom. The van der Waals surface area contributed by atoms with Gasteiger partial charge in [0.2, 0.25) is 10.0 Å². The van der Waals surface area contributed by atoms with Crippen molar-refractivity contribution in [1.82, 2.24) is 9.29 Å². The Hall–Kier alpha value is -1.14. The number of rotatable bonds is 8. The topological polar surface area (TPSA) is 62.3 Å². The molecule has 118 valence electrons. The lowest BCUT2D eigenvalue weighted by atomic mass is 10.3. The SMILES string of the molecule is CCCNc1cc(S(=O)(=O)N(CC2CC2)C(C)C)ccn1. The van der Waals surface area contributed by atoms with Crippen molar-refractivity contribution in [3.05, 3.63) is 18.3 Å². The molecule has 0 saturated heterocycles. The van der Waals surface area contributed by atoms with Crippen LogP contribution in [0.15, 0.2) is 23.2 Å². The van der Waals surface area contributed by atoms with Crippen molar-refractivity contribution >= 4 is 15.8 Å². The first-order chi connectivity index (χ1) is 9.95. The van der Waals surface area contributed by atoms with Gasteiger partial charge in [-0.05, 0) is 45.1 Å². The average molecular weight is 311 g/mol. The molecule has 1 saturated carbocycles. The minimum Gasteiger partial charge on any atom is -0.370 e. The molecule has 1 aliphatic carbocycles. The fraction of sp³-hybridized carbons (Fsp3) is 0.667. The van der Waals surface area contributed by atoms with Gasteiger partial charge < -0.3 is 5.32 Å². The summed E-state index contributed by atoms with van der Waals surface area (Å²) in [4.78, 5) is 4.50. The summed E-state index contributed by atoms with van der Waals surface area (Å²) >= 11 is 0. The van der Waals surface area contributed by atoms with Crippen molar-refractivity contribution in [2.45, 2.75) is 51.0 Å². The van der Waals surface area contributed by atoms with E-state index >= 15 is 0 Å². The van der Waals surface area contributed by atoms with Crippen molar-refractivity contribution in [3.63, 3.8) is 0 Å². The molecule has 6 heteroatoms. The lowest BCUT2D eigenvalue weighted by Gasteiger charge is -2.26. The Bertz CT molecular complexity index is 568. The predicted octanol–water partition coefficient (Wildman–Crippen LogP) is 2.71. The van der Waals surface area contributed by atoms with E-state index in [4.69, 9.17) is 0 Å². The highest BCUT2D eigenvalue weighted by atomic mass is 32.2. The molecule has 0 aliphatic heterocycles. The van der Waals surface area contributed by atoms with Gasteiger partial charge in [0.1, 0.15) is 5.82 Å². The van der Waals surface area contributed by atoms with E-state index in [0.29, 0.717) is 23.2 Å². The first-order valence-electron chi connectivity index (χ1n) is 7.67.